The van der Waals surface area contributed by atoms with Crippen molar-refractivity contribution < 1.29 is 9.18 Å². The molecular weight excluding hydrogens is 245 g/mol. The Morgan fingerprint density at radius 1 is 1.42 bits per heavy atom. The number of benzene rings is 1. The molecule has 4 nitrogen and oxygen atoms in total. The molecule has 100 valence electrons. The highest BCUT2D eigenvalue weighted by Gasteiger charge is 2.22. The predicted molar refractivity (Wildman–Crippen MR) is 71.8 cm³/mol. The normalized spacial score (nSPS) is 10.5. The number of hydrogen-bond acceptors (Lipinski definition) is 2. The molecule has 0 aliphatic rings. The second kappa shape index (κ2) is 5.22. The second-order valence-corrected chi connectivity index (χ2v) is 4.34. The lowest BCUT2D eigenvalue weighted by Crippen LogP contribution is -2.31. The molecule has 0 unspecified atom stereocenters. The molecule has 1 heterocycles. The van der Waals surface area contributed by atoms with Crippen molar-refractivity contribution in [3.8, 4) is 0 Å². The fourth-order valence-corrected chi connectivity index (χ4v) is 2.09. The van der Waals surface area contributed by atoms with Crippen LogP contribution in [-0.2, 0) is 0 Å². The SMILES string of the molecule is CCN(C(=O)c1c(C)n[nH]c1C)c1cccc(F)c1. The van der Waals surface area contributed by atoms with E-state index >= 15 is 0 Å². The number of aromatic nitrogens is 2. The van der Waals surface area contributed by atoms with E-state index in [2.05, 4.69) is 10.2 Å². The number of H-pyrrole nitrogens is 1. The lowest BCUT2D eigenvalue weighted by Gasteiger charge is -2.21. The van der Waals surface area contributed by atoms with Crippen LogP contribution >= 0.6 is 0 Å². The van der Waals surface area contributed by atoms with Gasteiger partial charge in [-0.05, 0) is 39.0 Å². The summed E-state index contributed by atoms with van der Waals surface area (Å²) in [5.41, 5.74) is 2.47. The topological polar surface area (TPSA) is 49.0 Å². The largest absolute Gasteiger partial charge is 0.308 e. The van der Waals surface area contributed by atoms with Crippen molar-refractivity contribution in [2.45, 2.75) is 20.8 Å². The van der Waals surface area contributed by atoms with Gasteiger partial charge < -0.3 is 4.90 Å². The summed E-state index contributed by atoms with van der Waals surface area (Å²) in [5.74, 6) is -0.527. The van der Waals surface area contributed by atoms with Crippen LogP contribution in [0.15, 0.2) is 24.3 Å². The minimum Gasteiger partial charge on any atom is -0.308 e. The molecule has 1 aromatic carbocycles. The van der Waals surface area contributed by atoms with Crippen LogP contribution in [0.2, 0.25) is 0 Å². The number of nitrogens with zero attached hydrogens (tertiary/aromatic N) is 2. The third-order valence-electron chi connectivity index (χ3n) is 3.02. The summed E-state index contributed by atoms with van der Waals surface area (Å²) in [6, 6.07) is 6.02. The van der Waals surface area contributed by atoms with Crippen molar-refractivity contribution in [1.82, 2.24) is 10.2 Å². The van der Waals surface area contributed by atoms with Crippen LogP contribution in [0.3, 0.4) is 0 Å². The lowest BCUT2D eigenvalue weighted by molar-refractivity contribution is 0.0987. The van der Waals surface area contributed by atoms with Crippen molar-refractivity contribution in [1.29, 1.82) is 0 Å². The molecule has 1 aromatic heterocycles. The summed E-state index contributed by atoms with van der Waals surface area (Å²) in [4.78, 5) is 14.1. The summed E-state index contributed by atoms with van der Waals surface area (Å²) >= 11 is 0. The first kappa shape index (κ1) is 13.3. The summed E-state index contributed by atoms with van der Waals surface area (Å²) in [6.45, 7) is 5.89. The van der Waals surface area contributed by atoms with Crippen LogP contribution < -0.4 is 4.90 Å². The van der Waals surface area contributed by atoms with Gasteiger partial charge in [0.1, 0.15) is 5.82 Å². The Balaban J connectivity index is 2.40. The molecule has 0 saturated heterocycles. The predicted octanol–water partition coefficient (Wildman–Crippen LogP) is 2.83. The van der Waals surface area contributed by atoms with Crippen LogP contribution in [0, 0.1) is 19.7 Å². The first-order valence-electron chi connectivity index (χ1n) is 6.13. The third kappa shape index (κ3) is 2.50. The van der Waals surface area contributed by atoms with Crippen molar-refractivity contribution >= 4 is 11.6 Å². The third-order valence-corrected chi connectivity index (χ3v) is 3.02. The number of carbonyl (C=O) groups excluding carboxylic acids is 1. The number of halogens is 1. The van der Waals surface area contributed by atoms with Crippen molar-refractivity contribution in [2.24, 2.45) is 0 Å². The molecule has 19 heavy (non-hydrogen) atoms. The van der Waals surface area contributed by atoms with E-state index in [9.17, 15) is 9.18 Å². The van der Waals surface area contributed by atoms with Gasteiger partial charge in [-0.15, -0.1) is 0 Å². The molecule has 0 aliphatic carbocycles. The maximum Gasteiger partial charge on any atom is 0.261 e. The van der Waals surface area contributed by atoms with Gasteiger partial charge in [0.2, 0.25) is 0 Å². The van der Waals surface area contributed by atoms with Gasteiger partial charge in [-0.25, -0.2) is 4.39 Å². The van der Waals surface area contributed by atoms with Gasteiger partial charge in [-0.2, -0.15) is 5.10 Å². The highest BCUT2D eigenvalue weighted by molar-refractivity contribution is 6.07. The Labute approximate surface area is 111 Å². The highest BCUT2D eigenvalue weighted by atomic mass is 19.1. The Kier molecular flexibility index (Phi) is 3.64. The molecule has 0 fully saturated rings. The van der Waals surface area contributed by atoms with Gasteiger partial charge in [-0.1, -0.05) is 6.07 Å². The molecule has 1 N–H and O–H groups in total. The molecule has 1 amide bonds. The van der Waals surface area contributed by atoms with E-state index < -0.39 is 0 Å². The van der Waals surface area contributed by atoms with E-state index in [1.54, 1.807) is 26.0 Å². The molecule has 0 spiro atoms. The van der Waals surface area contributed by atoms with Gasteiger partial charge in [0.05, 0.1) is 11.3 Å². The van der Waals surface area contributed by atoms with Crippen molar-refractivity contribution in [3.63, 3.8) is 0 Å². The first-order valence-corrected chi connectivity index (χ1v) is 6.13. The molecule has 2 rings (SSSR count). The number of amides is 1. The van der Waals surface area contributed by atoms with Crippen LogP contribution in [0.5, 0.6) is 0 Å². The van der Waals surface area contributed by atoms with Gasteiger partial charge in [0.15, 0.2) is 0 Å². The van der Waals surface area contributed by atoms with Crippen LogP contribution in [0.1, 0.15) is 28.7 Å². The zero-order valence-electron chi connectivity index (χ0n) is 11.2. The molecule has 0 aliphatic heterocycles. The molecule has 0 radical (unpaired) electrons. The summed E-state index contributed by atoms with van der Waals surface area (Å²) in [6.07, 6.45) is 0. The second-order valence-electron chi connectivity index (χ2n) is 4.34. The Morgan fingerprint density at radius 2 is 2.16 bits per heavy atom. The lowest BCUT2D eigenvalue weighted by atomic mass is 10.1. The number of rotatable bonds is 3. The average Bonchev–Trinajstić information content (AvgIpc) is 2.70. The van der Waals surface area contributed by atoms with E-state index in [1.165, 1.54) is 17.0 Å². The molecule has 2 aromatic rings. The summed E-state index contributed by atoms with van der Waals surface area (Å²) < 4.78 is 13.3. The van der Waals surface area contributed by atoms with Gasteiger partial charge in [0.25, 0.3) is 5.91 Å². The Bertz CT molecular complexity index is 587. The first-order chi connectivity index (χ1) is 9.04. The molecule has 0 saturated carbocycles. The van der Waals surface area contributed by atoms with Crippen LogP contribution in [-0.4, -0.2) is 22.6 Å². The van der Waals surface area contributed by atoms with Crippen molar-refractivity contribution in [3.05, 3.63) is 47.0 Å². The Morgan fingerprint density at radius 3 is 2.68 bits per heavy atom. The number of aromatic amines is 1. The van der Waals surface area contributed by atoms with E-state index in [-0.39, 0.29) is 11.7 Å². The minimum absolute atomic E-state index is 0.170. The standard InChI is InChI=1S/C14H16FN3O/c1-4-18(12-7-5-6-11(15)8-12)14(19)13-9(2)16-17-10(13)3/h5-8H,4H2,1-3H3,(H,16,17). The van der Waals surface area contributed by atoms with Crippen LogP contribution in [0.4, 0.5) is 10.1 Å². The van der Waals surface area contributed by atoms with E-state index in [4.69, 9.17) is 0 Å². The minimum atomic E-state index is -0.357. The fourth-order valence-electron chi connectivity index (χ4n) is 2.09. The number of aryl methyl sites for hydroxylation is 2. The monoisotopic (exact) mass is 261 g/mol. The van der Waals surface area contributed by atoms with Gasteiger partial charge in [0, 0.05) is 17.9 Å². The average molecular weight is 261 g/mol. The van der Waals surface area contributed by atoms with Gasteiger partial charge >= 0.3 is 0 Å². The molecular formula is C14H16FN3O. The molecule has 0 atom stereocenters. The number of nitrogens with one attached hydrogen (secondary N) is 1. The zero-order chi connectivity index (χ0) is 14.0. The van der Waals surface area contributed by atoms with Crippen molar-refractivity contribution in [2.75, 3.05) is 11.4 Å². The van der Waals surface area contributed by atoms with Gasteiger partial charge in [-0.3, -0.25) is 9.89 Å². The quantitative estimate of drug-likeness (QED) is 0.923. The number of anilines is 1. The van der Waals surface area contributed by atoms with Crippen LogP contribution in [0.25, 0.3) is 0 Å². The Hall–Kier alpha value is -2.17. The fraction of sp³-hybridized carbons (Fsp3) is 0.286. The maximum atomic E-state index is 13.3. The summed E-state index contributed by atoms with van der Waals surface area (Å²) in [7, 11) is 0. The highest BCUT2D eigenvalue weighted by Crippen LogP contribution is 2.20. The van der Waals surface area contributed by atoms with E-state index in [1.807, 2.05) is 6.92 Å². The van der Waals surface area contributed by atoms with E-state index in [0.29, 0.717) is 23.5 Å². The maximum absolute atomic E-state index is 13.3. The molecule has 5 heteroatoms. The number of carbonyl (C=O) groups is 1. The smallest absolute Gasteiger partial charge is 0.261 e. The zero-order valence-corrected chi connectivity index (χ0v) is 11.2. The van der Waals surface area contributed by atoms with E-state index in [0.717, 1.165) is 5.69 Å². The molecule has 0 bridgehead atoms. The summed E-state index contributed by atoms with van der Waals surface area (Å²) in [5, 5.41) is 6.81. The number of hydrogen-bond donors (Lipinski definition) is 1.